The molecule has 0 radical (unpaired) electrons. The Hall–Kier alpha value is -1.09. The quantitative estimate of drug-likeness (QED) is 0.850. The molecule has 88 valence electrons. The lowest BCUT2D eigenvalue weighted by atomic mass is 9.83. The van der Waals surface area contributed by atoms with E-state index in [0.29, 0.717) is 12.5 Å². The van der Waals surface area contributed by atoms with Crippen LogP contribution in [0.2, 0.25) is 0 Å². The fourth-order valence-electron chi connectivity index (χ4n) is 2.38. The largest absolute Gasteiger partial charge is 0.491 e. The lowest BCUT2D eigenvalue weighted by Gasteiger charge is -2.24. The van der Waals surface area contributed by atoms with E-state index < -0.39 is 6.67 Å². The van der Waals surface area contributed by atoms with Gasteiger partial charge in [-0.15, -0.1) is 0 Å². The Morgan fingerprint density at radius 1 is 1.44 bits per heavy atom. The predicted molar refractivity (Wildman–Crippen MR) is 62.6 cm³/mol. The number of aryl methyl sites for hydroxylation is 1. The third-order valence-corrected chi connectivity index (χ3v) is 3.18. The van der Waals surface area contributed by atoms with Crippen molar-refractivity contribution >= 4 is 0 Å². The molecule has 0 bridgehead atoms. The second kappa shape index (κ2) is 5.30. The van der Waals surface area contributed by atoms with Gasteiger partial charge in [0, 0.05) is 0 Å². The van der Waals surface area contributed by atoms with Crippen LogP contribution in [0.5, 0.6) is 5.75 Å². The molecular weight excluding hydrogens is 205 g/mol. The van der Waals surface area contributed by atoms with E-state index in [1.54, 1.807) is 0 Å². The average molecular weight is 223 g/mol. The molecule has 0 aromatic heterocycles. The van der Waals surface area contributed by atoms with Gasteiger partial charge in [0.25, 0.3) is 0 Å². The first-order valence-electron chi connectivity index (χ1n) is 5.87. The highest BCUT2D eigenvalue weighted by molar-refractivity contribution is 5.39. The van der Waals surface area contributed by atoms with E-state index in [-0.39, 0.29) is 6.61 Å². The number of ether oxygens (including phenoxy) is 1. The Bertz CT molecular complexity index is 354. The molecule has 1 aliphatic carbocycles. The first kappa shape index (κ1) is 11.4. The Balaban J connectivity index is 2.18. The van der Waals surface area contributed by atoms with Crippen LogP contribution in [0.1, 0.15) is 29.9 Å². The van der Waals surface area contributed by atoms with E-state index in [0.717, 1.165) is 12.2 Å². The number of alkyl halides is 1. The maximum Gasteiger partial charge on any atom is 0.123 e. The molecule has 0 aliphatic heterocycles. The highest BCUT2D eigenvalue weighted by atomic mass is 19.1. The second-order valence-corrected chi connectivity index (χ2v) is 4.22. The summed E-state index contributed by atoms with van der Waals surface area (Å²) in [6, 6.07) is 6.04. The van der Waals surface area contributed by atoms with E-state index in [1.807, 2.05) is 12.1 Å². The molecule has 0 heterocycles. The van der Waals surface area contributed by atoms with E-state index >= 15 is 0 Å². The van der Waals surface area contributed by atoms with E-state index in [2.05, 4.69) is 6.07 Å². The van der Waals surface area contributed by atoms with Crippen LogP contribution in [0.4, 0.5) is 4.39 Å². The second-order valence-electron chi connectivity index (χ2n) is 4.22. The molecule has 1 aromatic rings. The number of halogens is 1. The monoisotopic (exact) mass is 223 g/mol. The zero-order valence-corrected chi connectivity index (χ0v) is 9.42. The zero-order chi connectivity index (χ0) is 11.4. The summed E-state index contributed by atoms with van der Waals surface area (Å²) in [4.78, 5) is 0. The Morgan fingerprint density at radius 2 is 2.31 bits per heavy atom. The summed E-state index contributed by atoms with van der Waals surface area (Å²) in [5.41, 5.74) is 8.42. The number of hydrogen-bond donors (Lipinski definition) is 1. The van der Waals surface area contributed by atoms with Gasteiger partial charge in [-0.25, -0.2) is 4.39 Å². The minimum absolute atomic E-state index is 0.138. The Morgan fingerprint density at radius 3 is 3.06 bits per heavy atom. The average Bonchev–Trinajstić information content (AvgIpc) is 2.35. The molecule has 1 aliphatic rings. The van der Waals surface area contributed by atoms with Gasteiger partial charge in [-0.3, -0.25) is 0 Å². The van der Waals surface area contributed by atoms with Gasteiger partial charge in [0.15, 0.2) is 0 Å². The van der Waals surface area contributed by atoms with Gasteiger partial charge < -0.3 is 10.5 Å². The summed E-state index contributed by atoms with van der Waals surface area (Å²) in [6.45, 7) is 0.402. The zero-order valence-electron chi connectivity index (χ0n) is 9.42. The van der Waals surface area contributed by atoms with Crippen LogP contribution in [0.3, 0.4) is 0 Å². The maximum atomic E-state index is 12.0. The van der Waals surface area contributed by atoms with Crippen molar-refractivity contribution in [2.75, 3.05) is 19.8 Å². The van der Waals surface area contributed by atoms with Crippen LogP contribution in [-0.4, -0.2) is 19.8 Å². The molecule has 0 amide bonds. The van der Waals surface area contributed by atoms with E-state index in [9.17, 15) is 4.39 Å². The number of rotatable bonds is 4. The molecule has 1 atom stereocenters. The molecule has 0 fully saturated rings. The van der Waals surface area contributed by atoms with Gasteiger partial charge in [-0.1, -0.05) is 6.07 Å². The third kappa shape index (κ3) is 2.35. The fourth-order valence-corrected chi connectivity index (χ4v) is 2.38. The lowest BCUT2D eigenvalue weighted by molar-refractivity contribution is 0.273. The minimum atomic E-state index is -0.442. The lowest BCUT2D eigenvalue weighted by Crippen LogP contribution is -2.18. The Labute approximate surface area is 95.6 Å². The highest BCUT2D eigenvalue weighted by Gasteiger charge is 2.19. The van der Waals surface area contributed by atoms with Gasteiger partial charge in [-0.05, 0) is 55.0 Å². The maximum absolute atomic E-state index is 12.0. The van der Waals surface area contributed by atoms with Crippen molar-refractivity contribution < 1.29 is 9.13 Å². The van der Waals surface area contributed by atoms with Crippen molar-refractivity contribution in [3.8, 4) is 5.75 Å². The molecule has 2 nitrogen and oxygen atoms in total. The molecule has 16 heavy (non-hydrogen) atoms. The first-order chi connectivity index (χ1) is 7.85. The molecule has 0 spiro atoms. The minimum Gasteiger partial charge on any atom is -0.491 e. The summed E-state index contributed by atoms with van der Waals surface area (Å²) >= 11 is 0. The molecule has 2 N–H and O–H groups in total. The van der Waals surface area contributed by atoms with Gasteiger partial charge in [0.2, 0.25) is 0 Å². The van der Waals surface area contributed by atoms with Crippen LogP contribution < -0.4 is 10.5 Å². The molecule has 3 heteroatoms. The highest BCUT2D eigenvalue weighted by Crippen LogP contribution is 2.32. The van der Waals surface area contributed by atoms with Crippen molar-refractivity contribution in [2.24, 2.45) is 5.73 Å². The van der Waals surface area contributed by atoms with Crippen molar-refractivity contribution in [3.63, 3.8) is 0 Å². The van der Waals surface area contributed by atoms with Gasteiger partial charge in [0.05, 0.1) is 0 Å². The smallest absolute Gasteiger partial charge is 0.123 e. The van der Waals surface area contributed by atoms with E-state index in [4.69, 9.17) is 10.5 Å². The molecule has 1 unspecified atom stereocenters. The molecular formula is C13H18FNO. The fraction of sp³-hybridized carbons (Fsp3) is 0.538. The number of nitrogens with two attached hydrogens (primary N) is 1. The summed E-state index contributed by atoms with van der Waals surface area (Å²) in [5.74, 6) is 1.26. The van der Waals surface area contributed by atoms with Gasteiger partial charge >= 0.3 is 0 Å². The van der Waals surface area contributed by atoms with Crippen LogP contribution >= 0.6 is 0 Å². The molecule has 0 saturated heterocycles. The standard InChI is InChI=1S/C13H18FNO/c14-6-7-16-12-4-5-13-10(8-12)2-1-3-11(13)9-15/h4-5,8,11H,1-3,6-7,9,15H2. The topological polar surface area (TPSA) is 35.2 Å². The van der Waals surface area contributed by atoms with Crippen LogP contribution in [-0.2, 0) is 6.42 Å². The number of fused-ring (bicyclic) bond motifs is 1. The summed E-state index contributed by atoms with van der Waals surface area (Å²) < 4.78 is 17.3. The van der Waals surface area contributed by atoms with Gasteiger partial charge in [0.1, 0.15) is 19.0 Å². The first-order valence-corrected chi connectivity index (χ1v) is 5.87. The SMILES string of the molecule is NCC1CCCc2cc(OCCF)ccc21. The van der Waals surface area contributed by atoms with Crippen molar-refractivity contribution in [2.45, 2.75) is 25.2 Å². The third-order valence-electron chi connectivity index (χ3n) is 3.18. The van der Waals surface area contributed by atoms with Crippen molar-refractivity contribution in [1.29, 1.82) is 0 Å². The molecule has 2 rings (SSSR count). The van der Waals surface area contributed by atoms with Crippen molar-refractivity contribution in [3.05, 3.63) is 29.3 Å². The number of benzene rings is 1. The Kier molecular flexibility index (Phi) is 3.78. The molecule has 1 aromatic carbocycles. The van der Waals surface area contributed by atoms with Crippen LogP contribution in [0.15, 0.2) is 18.2 Å². The normalized spacial score (nSPS) is 19.2. The predicted octanol–water partition coefficient (Wildman–Crippen LogP) is 2.41. The number of hydrogen-bond acceptors (Lipinski definition) is 2. The summed E-state index contributed by atoms with van der Waals surface area (Å²) in [6.07, 6.45) is 3.44. The summed E-state index contributed by atoms with van der Waals surface area (Å²) in [5, 5.41) is 0. The van der Waals surface area contributed by atoms with Crippen LogP contribution in [0.25, 0.3) is 0 Å². The molecule has 0 saturated carbocycles. The van der Waals surface area contributed by atoms with E-state index in [1.165, 1.54) is 24.0 Å². The summed E-state index contributed by atoms with van der Waals surface area (Å²) in [7, 11) is 0. The van der Waals surface area contributed by atoms with Crippen LogP contribution in [0, 0.1) is 0 Å². The van der Waals surface area contributed by atoms with Crippen molar-refractivity contribution in [1.82, 2.24) is 0 Å². The van der Waals surface area contributed by atoms with Gasteiger partial charge in [-0.2, -0.15) is 0 Å².